The minimum atomic E-state index is -0.226. The molecule has 0 aromatic carbocycles. The zero-order chi connectivity index (χ0) is 13.8. The summed E-state index contributed by atoms with van der Waals surface area (Å²) in [6.07, 6.45) is 3.69. The fraction of sp³-hybridized carbons (Fsp3) is 0.667. The predicted molar refractivity (Wildman–Crippen MR) is 78.2 cm³/mol. The van der Waals surface area contributed by atoms with Crippen molar-refractivity contribution in [2.45, 2.75) is 31.0 Å². The Balaban J connectivity index is 2.10. The zero-order valence-corrected chi connectivity index (χ0v) is 12.2. The molecule has 1 saturated heterocycles. The van der Waals surface area contributed by atoms with Crippen LogP contribution in [0.4, 0.5) is 11.6 Å². The van der Waals surface area contributed by atoms with Crippen molar-refractivity contribution in [1.82, 2.24) is 9.97 Å². The molecule has 2 heterocycles. The fourth-order valence-corrected chi connectivity index (χ4v) is 2.73. The molecule has 1 atom stereocenters. The molecule has 106 valence electrons. The number of piperidine rings is 1. The van der Waals surface area contributed by atoms with Gasteiger partial charge in [-0.1, -0.05) is 11.8 Å². The number of nitrogens with zero attached hydrogens (tertiary/aromatic N) is 3. The third kappa shape index (κ3) is 3.49. The van der Waals surface area contributed by atoms with Crippen LogP contribution in [0.15, 0.2) is 11.2 Å². The van der Waals surface area contributed by atoms with Crippen LogP contribution in [-0.2, 0) is 0 Å². The molecule has 0 aliphatic carbocycles. The molecule has 2 rings (SSSR count). The van der Waals surface area contributed by atoms with Gasteiger partial charge in [-0.3, -0.25) is 0 Å². The van der Waals surface area contributed by atoms with E-state index in [-0.39, 0.29) is 6.10 Å². The summed E-state index contributed by atoms with van der Waals surface area (Å²) in [7, 11) is 0. The molecule has 19 heavy (non-hydrogen) atoms. The maximum Gasteiger partial charge on any atom is 0.191 e. The number of nitrogens with two attached hydrogens (primary N) is 1. The molecule has 4 N–H and O–H groups in total. The fourth-order valence-electron chi connectivity index (χ4n) is 2.35. The predicted octanol–water partition coefficient (Wildman–Crippen LogP) is 1.08. The van der Waals surface area contributed by atoms with Crippen molar-refractivity contribution in [1.29, 1.82) is 0 Å². The molecule has 1 aliphatic heterocycles. The first kappa shape index (κ1) is 14.4. The van der Waals surface area contributed by atoms with Gasteiger partial charge in [-0.15, -0.1) is 0 Å². The van der Waals surface area contributed by atoms with E-state index in [4.69, 9.17) is 5.84 Å². The van der Waals surface area contributed by atoms with Crippen LogP contribution >= 0.6 is 11.8 Å². The minimum absolute atomic E-state index is 0.226. The monoisotopic (exact) mass is 283 g/mol. The van der Waals surface area contributed by atoms with Crippen LogP contribution in [0.2, 0.25) is 0 Å². The van der Waals surface area contributed by atoms with Gasteiger partial charge in [0, 0.05) is 19.2 Å². The Morgan fingerprint density at radius 1 is 1.47 bits per heavy atom. The normalized spacial score (nSPS) is 18.4. The Morgan fingerprint density at radius 2 is 2.16 bits per heavy atom. The third-order valence-corrected chi connectivity index (χ3v) is 4.12. The second-order valence-electron chi connectivity index (χ2n) is 4.81. The lowest BCUT2D eigenvalue weighted by Gasteiger charge is -2.34. The summed E-state index contributed by atoms with van der Waals surface area (Å²) in [6.45, 7) is 3.68. The quantitative estimate of drug-likeness (QED) is 0.330. The Labute approximate surface area is 117 Å². The van der Waals surface area contributed by atoms with Gasteiger partial charge in [-0.05, 0) is 31.9 Å². The smallest absolute Gasteiger partial charge is 0.191 e. The number of aliphatic hydroxyl groups excluding tert-OH is 1. The molecule has 0 saturated carbocycles. The lowest BCUT2D eigenvalue weighted by atomic mass is 9.92. The molecule has 1 aliphatic rings. The van der Waals surface area contributed by atoms with E-state index in [1.165, 1.54) is 11.8 Å². The molecule has 0 radical (unpaired) electrons. The standard InChI is InChI=1S/C12H21N5OS/c1-8(18)9-3-5-17(6-4-9)11-7-10(16-13)14-12(15-11)19-2/h7-9,18H,3-6,13H2,1-2H3,(H,14,15,16). The number of nitrogens with one attached hydrogen (secondary N) is 1. The Kier molecular flexibility index (Phi) is 4.84. The van der Waals surface area contributed by atoms with Crippen molar-refractivity contribution >= 4 is 23.4 Å². The van der Waals surface area contributed by atoms with Gasteiger partial charge in [-0.25, -0.2) is 15.8 Å². The number of rotatable bonds is 4. The van der Waals surface area contributed by atoms with E-state index >= 15 is 0 Å². The van der Waals surface area contributed by atoms with Crippen LogP contribution in [-0.4, -0.2) is 40.5 Å². The molecule has 1 aromatic heterocycles. The van der Waals surface area contributed by atoms with E-state index in [1.807, 2.05) is 19.2 Å². The highest BCUT2D eigenvalue weighted by atomic mass is 32.2. The van der Waals surface area contributed by atoms with Crippen molar-refractivity contribution in [3.05, 3.63) is 6.07 Å². The number of aromatic nitrogens is 2. The topological polar surface area (TPSA) is 87.3 Å². The number of thioether (sulfide) groups is 1. The summed E-state index contributed by atoms with van der Waals surface area (Å²) in [5.74, 6) is 7.36. The van der Waals surface area contributed by atoms with E-state index < -0.39 is 0 Å². The molecule has 6 nitrogen and oxygen atoms in total. The van der Waals surface area contributed by atoms with Gasteiger partial charge in [0.05, 0.1) is 6.10 Å². The van der Waals surface area contributed by atoms with Crippen LogP contribution in [0.1, 0.15) is 19.8 Å². The van der Waals surface area contributed by atoms with E-state index in [2.05, 4.69) is 20.3 Å². The summed E-state index contributed by atoms with van der Waals surface area (Å²) in [4.78, 5) is 11.0. The SMILES string of the molecule is CSc1nc(NN)cc(N2CCC(C(C)O)CC2)n1. The summed E-state index contributed by atoms with van der Waals surface area (Å²) in [5.41, 5.74) is 2.58. The second kappa shape index (κ2) is 6.40. The van der Waals surface area contributed by atoms with Gasteiger partial charge < -0.3 is 15.4 Å². The Bertz CT molecular complexity index is 398. The number of hydrazine groups is 1. The second-order valence-corrected chi connectivity index (χ2v) is 5.58. The molecule has 7 heteroatoms. The highest BCUT2D eigenvalue weighted by Crippen LogP contribution is 2.26. The van der Waals surface area contributed by atoms with Crippen molar-refractivity contribution in [2.24, 2.45) is 11.8 Å². The minimum Gasteiger partial charge on any atom is -0.393 e. The summed E-state index contributed by atoms with van der Waals surface area (Å²) in [6, 6.07) is 1.86. The molecule has 0 bridgehead atoms. The first-order valence-electron chi connectivity index (χ1n) is 6.46. The number of hydrogen-bond acceptors (Lipinski definition) is 7. The van der Waals surface area contributed by atoms with Gasteiger partial charge in [0.15, 0.2) is 5.16 Å². The third-order valence-electron chi connectivity index (χ3n) is 3.57. The molecule has 0 spiro atoms. The van der Waals surface area contributed by atoms with E-state index in [1.54, 1.807) is 0 Å². The van der Waals surface area contributed by atoms with Crippen molar-refractivity contribution in [3.63, 3.8) is 0 Å². The lowest BCUT2D eigenvalue weighted by Crippen LogP contribution is -2.37. The van der Waals surface area contributed by atoms with Crippen molar-refractivity contribution < 1.29 is 5.11 Å². The first-order valence-corrected chi connectivity index (χ1v) is 7.69. The number of nitrogen functional groups attached to an aromatic ring is 1. The lowest BCUT2D eigenvalue weighted by molar-refractivity contribution is 0.109. The van der Waals surface area contributed by atoms with Crippen molar-refractivity contribution in [2.75, 3.05) is 29.7 Å². The van der Waals surface area contributed by atoms with Gasteiger partial charge in [0.2, 0.25) is 0 Å². The number of hydrogen-bond donors (Lipinski definition) is 3. The van der Waals surface area contributed by atoms with Crippen LogP contribution in [0.3, 0.4) is 0 Å². The maximum absolute atomic E-state index is 9.62. The Hall–Kier alpha value is -1.05. The highest BCUT2D eigenvalue weighted by molar-refractivity contribution is 7.98. The van der Waals surface area contributed by atoms with Crippen LogP contribution in [0.5, 0.6) is 0 Å². The molecule has 1 unspecified atom stereocenters. The van der Waals surface area contributed by atoms with Gasteiger partial charge in [0.25, 0.3) is 0 Å². The van der Waals surface area contributed by atoms with E-state index in [0.29, 0.717) is 16.9 Å². The summed E-state index contributed by atoms with van der Waals surface area (Å²) in [5, 5.41) is 10.3. The number of aliphatic hydroxyl groups is 1. The van der Waals surface area contributed by atoms with Gasteiger partial charge in [-0.2, -0.15) is 0 Å². The van der Waals surface area contributed by atoms with Crippen LogP contribution in [0.25, 0.3) is 0 Å². The van der Waals surface area contributed by atoms with Gasteiger partial charge in [0.1, 0.15) is 11.6 Å². The van der Waals surface area contributed by atoms with Crippen molar-refractivity contribution in [3.8, 4) is 0 Å². The zero-order valence-electron chi connectivity index (χ0n) is 11.3. The summed E-state index contributed by atoms with van der Waals surface area (Å²) < 4.78 is 0. The Morgan fingerprint density at radius 3 is 2.68 bits per heavy atom. The maximum atomic E-state index is 9.62. The molecule has 1 fully saturated rings. The van der Waals surface area contributed by atoms with Crippen LogP contribution < -0.4 is 16.2 Å². The first-order chi connectivity index (χ1) is 9.13. The molecular weight excluding hydrogens is 262 g/mol. The number of anilines is 2. The van der Waals surface area contributed by atoms with Crippen LogP contribution in [0, 0.1) is 5.92 Å². The average Bonchev–Trinajstić information content (AvgIpc) is 2.46. The molecule has 0 amide bonds. The van der Waals surface area contributed by atoms with E-state index in [0.717, 1.165) is 31.7 Å². The average molecular weight is 283 g/mol. The highest BCUT2D eigenvalue weighted by Gasteiger charge is 2.23. The van der Waals surface area contributed by atoms with Gasteiger partial charge >= 0.3 is 0 Å². The molecule has 1 aromatic rings. The van der Waals surface area contributed by atoms with E-state index in [9.17, 15) is 5.11 Å². The largest absolute Gasteiger partial charge is 0.393 e. The molecular formula is C12H21N5OS. The summed E-state index contributed by atoms with van der Waals surface area (Å²) >= 11 is 1.50.